The maximum Gasteiger partial charge on any atom is 0.224 e. The van der Waals surface area contributed by atoms with E-state index >= 15 is 0 Å². The van der Waals surface area contributed by atoms with Gasteiger partial charge in [0.2, 0.25) is 5.91 Å². The molecule has 1 saturated heterocycles. The van der Waals surface area contributed by atoms with Crippen molar-refractivity contribution in [3.63, 3.8) is 0 Å². The highest BCUT2D eigenvalue weighted by atomic mass is 16.5. The van der Waals surface area contributed by atoms with E-state index in [0.717, 1.165) is 56.9 Å². The fourth-order valence-corrected chi connectivity index (χ4v) is 5.55. The van der Waals surface area contributed by atoms with Crippen molar-refractivity contribution >= 4 is 5.91 Å². The van der Waals surface area contributed by atoms with Crippen LogP contribution >= 0.6 is 0 Å². The number of piperidine rings is 1. The molecular weight excluding hydrogens is 484 g/mol. The summed E-state index contributed by atoms with van der Waals surface area (Å²) in [5, 5.41) is 3.21. The van der Waals surface area contributed by atoms with Gasteiger partial charge < -0.3 is 19.5 Å². The van der Waals surface area contributed by atoms with Crippen molar-refractivity contribution in [2.75, 3.05) is 33.3 Å². The number of aromatic nitrogens is 2. The van der Waals surface area contributed by atoms with E-state index < -0.39 is 0 Å². The number of benzene rings is 3. The van der Waals surface area contributed by atoms with E-state index in [1.807, 2.05) is 24.7 Å². The van der Waals surface area contributed by atoms with Crippen molar-refractivity contribution in [3.05, 3.63) is 120 Å². The lowest BCUT2D eigenvalue weighted by molar-refractivity contribution is -0.126. The largest absolute Gasteiger partial charge is 0.497 e. The van der Waals surface area contributed by atoms with E-state index in [1.165, 1.54) is 16.7 Å². The average molecular weight is 523 g/mol. The van der Waals surface area contributed by atoms with Gasteiger partial charge in [0.05, 0.1) is 19.4 Å². The zero-order valence-electron chi connectivity index (χ0n) is 22.7. The van der Waals surface area contributed by atoms with Gasteiger partial charge in [0.25, 0.3) is 0 Å². The second-order valence-corrected chi connectivity index (χ2v) is 10.4. The molecule has 1 aliphatic rings. The topological polar surface area (TPSA) is 59.4 Å². The first-order valence-corrected chi connectivity index (χ1v) is 13.9. The average Bonchev–Trinajstić information content (AvgIpc) is 3.44. The number of imidazole rings is 1. The van der Waals surface area contributed by atoms with Gasteiger partial charge in [0.15, 0.2) is 0 Å². The van der Waals surface area contributed by atoms with Crippen molar-refractivity contribution in [3.8, 4) is 5.75 Å². The predicted octanol–water partition coefficient (Wildman–Crippen LogP) is 5.14. The fourth-order valence-electron chi connectivity index (χ4n) is 5.55. The minimum atomic E-state index is 0.0233. The number of amides is 1. The standard InChI is InChI=1S/C33H38N4O2/c1-39-31-16-14-26(15-17-31)22-37-25-34-21-30(37)18-19-35-33(38)29-13-8-20-36(23-29)24-32(27-9-4-2-5-10-27)28-11-6-3-7-12-28/h2-7,9-12,14-17,21,25,29,32H,8,13,18-20,22-24H2,1H3,(H,35,38)/t29-/m0/s1. The van der Waals surface area contributed by atoms with E-state index in [2.05, 4.69) is 92.6 Å². The molecule has 0 radical (unpaired) electrons. The van der Waals surface area contributed by atoms with Crippen LogP contribution in [-0.4, -0.2) is 53.6 Å². The van der Waals surface area contributed by atoms with Gasteiger partial charge >= 0.3 is 0 Å². The summed E-state index contributed by atoms with van der Waals surface area (Å²) >= 11 is 0. The Morgan fingerprint density at radius 2 is 1.69 bits per heavy atom. The summed E-state index contributed by atoms with van der Waals surface area (Å²) < 4.78 is 7.40. The number of ether oxygens (including phenoxy) is 1. The first-order chi connectivity index (χ1) is 19.2. The van der Waals surface area contributed by atoms with Crippen molar-refractivity contribution in [1.82, 2.24) is 19.8 Å². The summed E-state index contributed by atoms with van der Waals surface area (Å²) in [6.45, 7) is 4.11. The number of hydrogen-bond donors (Lipinski definition) is 1. The summed E-state index contributed by atoms with van der Waals surface area (Å²) in [6, 6.07) is 29.5. The zero-order chi connectivity index (χ0) is 26.9. The van der Waals surface area contributed by atoms with Crippen LogP contribution in [0, 0.1) is 5.92 Å². The van der Waals surface area contributed by atoms with Crippen LogP contribution in [0.3, 0.4) is 0 Å². The molecule has 4 aromatic rings. The van der Waals surface area contributed by atoms with Crippen LogP contribution in [0.1, 0.15) is 41.1 Å². The SMILES string of the molecule is COc1ccc(Cn2cncc2CCNC(=O)[C@H]2CCCN(CC(c3ccccc3)c3ccccc3)C2)cc1. The number of nitrogens with one attached hydrogen (secondary N) is 1. The quantitative estimate of drug-likeness (QED) is 0.296. The van der Waals surface area contributed by atoms with Crippen molar-refractivity contribution < 1.29 is 9.53 Å². The summed E-state index contributed by atoms with van der Waals surface area (Å²) in [5.74, 6) is 1.33. The molecule has 0 aliphatic carbocycles. The lowest BCUT2D eigenvalue weighted by atomic mass is 9.89. The molecule has 1 N–H and O–H groups in total. The van der Waals surface area contributed by atoms with E-state index in [0.29, 0.717) is 12.5 Å². The Morgan fingerprint density at radius 3 is 2.36 bits per heavy atom. The summed E-state index contributed by atoms with van der Waals surface area (Å²) in [6.07, 6.45) is 6.49. The number of rotatable bonds is 11. The van der Waals surface area contributed by atoms with Gasteiger partial charge in [-0.25, -0.2) is 4.98 Å². The monoisotopic (exact) mass is 522 g/mol. The molecule has 1 aromatic heterocycles. The van der Waals surface area contributed by atoms with Crippen LogP contribution in [0.5, 0.6) is 5.75 Å². The van der Waals surface area contributed by atoms with Crippen LogP contribution < -0.4 is 10.1 Å². The number of carbonyl (C=O) groups is 1. The molecule has 1 fully saturated rings. The second-order valence-electron chi connectivity index (χ2n) is 10.4. The second kappa shape index (κ2) is 13.3. The molecule has 1 aliphatic heterocycles. The van der Waals surface area contributed by atoms with Gasteiger partial charge in [-0.05, 0) is 48.2 Å². The maximum absolute atomic E-state index is 13.2. The minimum absolute atomic E-state index is 0.0233. The Kier molecular flexibility index (Phi) is 9.07. The van der Waals surface area contributed by atoms with Gasteiger partial charge in [-0.3, -0.25) is 4.79 Å². The molecule has 5 rings (SSSR count). The van der Waals surface area contributed by atoms with E-state index in [-0.39, 0.29) is 11.8 Å². The molecule has 0 saturated carbocycles. The van der Waals surface area contributed by atoms with E-state index in [9.17, 15) is 4.79 Å². The third kappa shape index (κ3) is 7.15. The molecule has 6 nitrogen and oxygen atoms in total. The highest BCUT2D eigenvalue weighted by Crippen LogP contribution is 2.28. The lowest BCUT2D eigenvalue weighted by Crippen LogP contribution is -2.44. The Bertz CT molecular complexity index is 1270. The molecule has 2 heterocycles. The number of carbonyl (C=O) groups excluding carboxylic acids is 1. The first kappa shape index (κ1) is 26.7. The summed E-state index contributed by atoms with van der Waals surface area (Å²) in [4.78, 5) is 20.0. The molecule has 6 heteroatoms. The number of methoxy groups -OCH3 is 1. The molecular formula is C33H38N4O2. The predicted molar refractivity (Wildman–Crippen MR) is 155 cm³/mol. The van der Waals surface area contributed by atoms with Gasteiger partial charge in [0, 0.05) is 50.4 Å². The molecule has 3 aromatic carbocycles. The Balaban J connectivity index is 1.14. The summed E-state index contributed by atoms with van der Waals surface area (Å²) in [5.41, 5.74) is 4.94. The normalized spacial score (nSPS) is 15.8. The maximum atomic E-state index is 13.2. The Morgan fingerprint density at radius 1 is 1.00 bits per heavy atom. The van der Waals surface area contributed by atoms with Gasteiger partial charge in [0.1, 0.15) is 5.75 Å². The molecule has 39 heavy (non-hydrogen) atoms. The molecule has 1 amide bonds. The lowest BCUT2D eigenvalue weighted by Gasteiger charge is -2.34. The molecule has 1 atom stereocenters. The fraction of sp³-hybridized carbons (Fsp3) is 0.333. The van der Waals surface area contributed by atoms with Crippen molar-refractivity contribution in [1.29, 1.82) is 0 Å². The molecule has 0 spiro atoms. The van der Waals surface area contributed by atoms with Crippen molar-refractivity contribution in [2.45, 2.75) is 31.7 Å². The van der Waals surface area contributed by atoms with Crippen molar-refractivity contribution in [2.24, 2.45) is 5.92 Å². The Hall–Kier alpha value is -3.90. The van der Waals surface area contributed by atoms with Crippen LogP contribution in [-0.2, 0) is 17.8 Å². The molecule has 202 valence electrons. The molecule has 0 unspecified atom stereocenters. The smallest absolute Gasteiger partial charge is 0.224 e. The number of nitrogens with zero attached hydrogens (tertiary/aromatic N) is 3. The highest BCUT2D eigenvalue weighted by Gasteiger charge is 2.28. The first-order valence-electron chi connectivity index (χ1n) is 13.9. The van der Waals surface area contributed by atoms with Crippen LogP contribution in [0.25, 0.3) is 0 Å². The molecule has 0 bridgehead atoms. The zero-order valence-corrected chi connectivity index (χ0v) is 22.7. The van der Waals surface area contributed by atoms with Crippen LogP contribution in [0.2, 0.25) is 0 Å². The highest BCUT2D eigenvalue weighted by molar-refractivity contribution is 5.79. The van der Waals surface area contributed by atoms with Gasteiger partial charge in [-0.2, -0.15) is 0 Å². The summed E-state index contributed by atoms with van der Waals surface area (Å²) in [7, 11) is 1.67. The number of hydrogen-bond acceptors (Lipinski definition) is 4. The van der Waals surface area contributed by atoms with Gasteiger partial charge in [-0.15, -0.1) is 0 Å². The number of likely N-dealkylation sites (tertiary alicyclic amines) is 1. The Labute approximate surface area is 231 Å². The van der Waals surface area contributed by atoms with E-state index in [4.69, 9.17) is 4.74 Å². The van der Waals surface area contributed by atoms with E-state index in [1.54, 1.807) is 7.11 Å². The van der Waals surface area contributed by atoms with Gasteiger partial charge in [-0.1, -0.05) is 72.8 Å². The van der Waals surface area contributed by atoms with Crippen LogP contribution in [0.15, 0.2) is 97.5 Å². The third-order valence-electron chi connectivity index (χ3n) is 7.71. The van der Waals surface area contributed by atoms with Crippen LogP contribution in [0.4, 0.5) is 0 Å². The minimum Gasteiger partial charge on any atom is -0.497 e. The third-order valence-corrected chi connectivity index (χ3v) is 7.71.